The molecule has 0 aliphatic rings. The fourth-order valence-electron chi connectivity index (χ4n) is 2.63. The van der Waals surface area contributed by atoms with Gasteiger partial charge in [-0.3, -0.25) is 10.1 Å². The van der Waals surface area contributed by atoms with E-state index in [0.29, 0.717) is 22.2 Å². The topological polar surface area (TPSA) is 74.5 Å². The molecule has 6 nitrogen and oxygen atoms in total. The molecule has 0 unspecified atom stereocenters. The number of nitro groups is 1. The van der Waals surface area contributed by atoms with E-state index in [4.69, 9.17) is 16.3 Å². The monoisotopic (exact) mass is 406 g/mol. The van der Waals surface area contributed by atoms with Crippen LogP contribution in [-0.4, -0.2) is 23.6 Å². The SMILES string of the molecule is COc1cc(/C=C/c2ccc3c([N+](=O)[O-])cccc3n2)cc(Cl)c1OC(F)F. The molecule has 1 heterocycles. The standard InChI is InChI=1S/C19H13ClF2N2O4/c1-27-17-10-11(9-14(20)18(17)28-19(21)22)5-6-12-7-8-13-15(23-12)3-2-4-16(13)24(25)26/h2-10,19H,1H3/b6-5+. The number of ether oxygens (including phenoxy) is 2. The lowest BCUT2D eigenvalue weighted by molar-refractivity contribution is -0.383. The van der Waals surface area contributed by atoms with Crippen LogP contribution in [0.4, 0.5) is 14.5 Å². The Bertz CT molecular complexity index is 1070. The number of hydrogen-bond donors (Lipinski definition) is 0. The molecule has 3 rings (SSSR count). The third kappa shape index (κ3) is 4.17. The highest BCUT2D eigenvalue weighted by atomic mass is 35.5. The maximum atomic E-state index is 12.5. The first kappa shape index (κ1) is 19.5. The third-order valence-corrected chi connectivity index (χ3v) is 4.11. The smallest absolute Gasteiger partial charge is 0.387 e. The first-order chi connectivity index (χ1) is 13.4. The maximum Gasteiger partial charge on any atom is 0.387 e. The Morgan fingerprint density at radius 1 is 1.21 bits per heavy atom. The summed E-state index contributed by atoms with van der Waals surface area (Å²) >= 11 is 6.01. The molecule has 0 radical (unpaired) electrons. The number of benzene rings is 2. The van der Waals surface area contributed by atoms with E-state index in [-0.39, 0.29) is 22.2 Å². The van der Waals surface area contributed by atoms with Gasteiger partial charge in [-0.25, -0.2) is 4.98 Å². The Balaban J connectivity index is 1.93. The van der Waals surface area contributed by atoms with Gasteiger partial charge in [0.2, 0.25) is 0 Å². The molecule has 0 fully saturated rings. The van der Waals surface area contributed by atoms with Gasteiger partial charge in [-0.2, -0.15) is 8.78 Å². The van der Waals surface area contributed by atoms with Crippen LogP contribution >= 0.6 is 11.6 Å². The van der Waals surface area contributed by atoms with Gasteiger partial charge >= 0.3 is 6.61 Å². The number of aromatic nitrogens is 1. The zero-order valence-electron chi connectivity index (χ0n) is 14.4. The number of nitro benzene ring substituents is 1. The number of hydrogen-bond acceptors (Lipinski definition) is 5. The number of methoxy groups -OCH3 is 1. The minimum Gasteiger partial charge on any atom is -0.493 e. The molecule has 0 saturated heterocycles. The van der Waals surface area contributed by atoms with Gasteiger partial charge in [-0.05, 0) is 42.0 Å². The molecule has 3 aromatic rings. The zero-order chi connectivity index (χ0) is 20.3. The minimum atomic E-state index is -3.03. The Hall–Kier alpha value is -3.26. The molecule has 9 heteroatoms. The van der Waals surface area contributed by atoms with Gasteiger partial charge in [0, 0.05) is 6.07 Å². The first-order valence-electron chi connectivity index (χ1n) is 7.93. The van der Waals surface area contributed by atoms with Crippen molar-refractivity contribution in [1.82, 2.24) is 4.98 Å². The summed E-state index contributed by atoms with van der Waals surface area (Å²) in [5.74, 6) is -0.179. The van der Waals surface area contributed by atoms with Crippen molar-refractivity contribution in [2.75, 3.05) is 7.11 Å². The molecular weight excluding hydrogens is 394 g/mol. The molecule has 0 aliphatic carbocycles. The van der Waals surface area contributed by atoms with Crippen molar-refractivity contribution in [3.63, 3.8) is 0 Å². The molecule has 0 saturated carbocycles. The summed E-state index contributed by atoms with van der Waals surface area (Å²) < 4.78 is 34.4. The van der Waals surface area contributed by atoms with E-state index >= 15 is 0 Å². The molecule has 0 bridgehead atoms. The second-order valence-electron chi connectivity index (χ2n) is 5.58. The van der Waals surface area contributed by atoms with Crippen LogP contribution in [-0.2, 0) is 0 Å². The van der Waals surface area contributed by atoms with Gasteiger partial charge < -0.3 is 9.47 Å². The van der Waals surface area contributed by atoms with E-state index in [9.17, 15) is 18.9 Å². The normalized spacial score (nSPS) is 11.3. The lowest BCUT2D eigenvalue weighted by Crippen LogP contribution is -2.04. The first-order valence-corrected chi connectivity index (χ1v) is 8.31. The fraction of sp³-hybridized carbons (Fsp3) is 0.105. The van der Waals surface area contributed by atoms with Gasteiger partial charge in [0.05, 0.1) is 33.7 Å². The number of rotatable bonds is 6. The largest absolute Gasteiger partial charge is 0.493 e. The maximum absolute atomic E-state index is 12.5. The molecule has 28 heavy (non-hydrogen) atoms. The molecule has 0 spiro atoms. The van der Waals surface area contributed by atoms with E-state index in [1.165, 1.54) is 25.3 Å². The van der Waals surface area contributed by atoms with E-state index < -0.39 is 11.5 Å². The van der Waals surface area contributed by atoms with Crippen LogP contribution in [0.3, 0.4) is 0 Å². The van der Waals surface area contributed by atoms with Crippen LogP contribution < -0.4 is 9.47 Å². The van der Waals surface area contributed by atoms with Gasteiger partial charge in [-0.1, -0.05) is 23.7 Å². The average Bonchev–Trinajstić information content (AvgIpc) is 2.66. The van der Waals surface area contributed by atoms with Crippen molar-refractivity contribution in [3.05, 3.63) is 68.9 Å². The summed E-state index contributed by atoms with van der Waals surface area (Å²) in [6, 6.07) is 10.8. The Morgan fingerprint density at radius 2 is 2.00 bits per heavy atom. The van der Waals surface area contributed by atoms with E-state index in [0.717, 1.165) is 0 Å². The van der Waals surface area contributed by atoms with Crippen LogP contribution in [0.25, 0.3) is 23.1 Å². The summed E-state index contributed by atoms with van der Waals surface area (Å²) in [6.07, 6.45) is 3.32. The summed E-state index contributed by atoms with van der Waals surface area (Å²) in [5.41, 5.74) is 1.58. The number of nitrogens with zero attached hydrogens (tertiary/aromatic N) is 2. The predicted octanol–water partition coefficient (Wildman–Crippen LogP) is 5.58. The molecule has 144 valence electrons. The molecule has 0 N–H and O–H groups in total. The van der Waals surface area contributed by atoms with Crippen molar-refractivity contribution in [2.45, 2.75) is 6.61 Å². The molecule has 0 atom stereocenters. The lowest BCUT2D eigenvalue weighted by atomic mass is 10.1. The summed E-state index contributed by atoms with van der Waals surface area (Å²) in [4.78, 5) is 15.0. The van der Waals surface area contributed by atoms with Crippen LogP contribution in [0.1, 0.15) is 11.3 Å². The van der Waals surface area contributed by atoms with E-state index in [1.54, 1.807) is 36.4 Å². The van der Waals surface area contributed by atoms with Crippen molar-refractivity contribution in [1.29, 1.82) is 0 Å². The zero-order valence-corrected chi connectivity index (χ0v) is 15.2. The number of alkyl halides is 2. The summed E-state index contributed by atoms with van der Waals surface area (Å²) in [7, 11) is 1.31. The van der Waals surface area contributed by atoms with Crippen molar-refractivity contribution in [2.24, 2.45) is 0 Å². The van der Waals surface area contributed by atoms with Gasteiger partial charge in [0.25, 0.3) is 5.69 Å². The second kappa shape index (κ2) is 8.18. The van der Waals surface area contributed by atoms with Gasteiger partial charge in [0.15, 0.2) is 11.5 Å². The summed E-state index contributed by atoms with van der Waals surface area (Å²) in [6.45, 7) is -3.03. The highest BCUT2D eigenvalue weighted by Crippen LogP contribution is 2.38. The Morgan fingerprint density at radius 3 is 2.68 bits per heavy atom. The third-order valence-electron chi connectivity index (χ3n) is 3.83. The predicted molar refractivity (Wildman–Crippen MR) is 102 cm³/mol. The van der Waals surface area contributed by atoms with Crippen LogP contribution in [0.2, 0.25) is 5.02 Å². The highest BCUT2D eigenvalue weighted by molar-refractivity contribution is 6.32. The Kier molecular flexibility index (Phi) is 5.70. The second-order valence-corrected chi connectivity index (χ2v) is 5.99. The molecular formula is C19H13ClF2N2O4. The Labute approximate surface area is 163 Å². The number of non-ortho nitro benzene ring substituents is 1. The van der Waals surface area contributed by atoms with Crippen molar-refractivity contribution >= 4 is 40.3 Å². The number of fused-ring (bicyclic) bond motifs is 1. The van der Waals surface area contributed by atoms with Gasteiger partial charge in [0.1, 0.15) is 0 Å². The average molecular weight is 407 g/mol. The van der Waals surface area contributed by atoms with Gasteiger partial charge in [-0.15, -0.1) is 0 Å². The summed E-state index contributed by atoms with van der Waals surface area (Å²) in [5, 5.41) is 11.5. The molecule has 0 aliphatic heterocycles. The van der Waals surface area contributed by atoms with Crippen LogP contribution in [0.15, 0.2) is 42.5 Å². The molecule has 1 aromatic heterocycles. The van der Waals surface area contributed by atoms with Crippen molar-refractivity contribution < 1.29 is 23.2 Å². The number of pyridine rings is 1. The quantitative estimate of drug-likeness (QED) is 0.395. The van der Waals surface area contributed by atoms with Crippen molar-refractivity contribution in [3.8, 4) is 11.5 Å². The number of halogens is 3. The fourth-order valence-corrected chi connectivity index (χ4v) is 2.89. The van der Waals surface area contributed by atoms with E-state index in [2.05, 4.69) is 9.72 Å². The minimum absolute atomic E-state index is 0.0216. The molecule has 2 aromatic carbocycles. The highest BCUT2D eigenvalue weighted by Gasteiger charge is 2.16. The lowest BCUT2D eigenvalue weighted by Gasteiger charge is -2.12. The molecule has 0 amide bonds. The van der Waals surface area contributed by atoms with Crippen LogP contribution in [0.5, 0.6) is 11.5 Å². The van der Waals surface area contributed by atoms with Crippen LogP contribution in [0, 0.1) is 10.1 Å². The van der Waals surface area contributed by atoms with E-state index in [1.807, 2.05) is 0 Å².